The number of hydrogen-bond donors (Lipinski definition) is 0. The van der Waals surface area contributed by atoms with E-state index in [0.29, 0.717) is 44.2 Å². The molecule has 148 valence electrons. The molecule has 3 rings (SSSR count). The first-order valence-electron chi connectivity index (χ1n) is 8.79. The average Bonchev–Trinajstić information content (AvgIpc) is 2.95. The lowest BCUT2D eigenvalue weighted by molar-refractivity contribution is -0.122. The number of nitrogens with zero attached hydrogens (tertiary/aromatic N) is 2. The number of carbonyl (C=O) groups excluding carboxylic acids is 2. The fraction of sp³-hybridized carbons (Fsp3) is 0.190. The molecule has 0 radical (unpaired) electrons. The minimum absolute atomic E-state index is 0.192. The summed E-state index contributed by atoms with van der Waals surface area (Å²) >= 11 is 10.8. The number of benzene rings is 2. The summed E-state index contributed by atoms with van der Waals surface area (Å²) < 4.78 is 6.43. The molecule has 0 aromatic heterocycles. The first-order chi connectivity index (χ1) is 13.9. The fourth-order valence-corrected chi connectivity index (χ4v) is 4.63. The Morgan fingerprint density at radius 1 is 1.31 bits per heavy atom. The quantitative estimate of drug-likeness (QED) is 0.464. The molecule has 1 fully saturated rings. The van der Waals surface area contributed by atoms with E-state index in [2.05, 4.69) is 22.0 Å². The molecule has 5 nitrogen and oxygen atoms in total. The van der Waals surface area contributed by atoms with Gasteiger partial charge in [0.05, 0.1) is 26.0 Å². The van der Waals surface area contributed by atoms with E-state index < -0.39 is 0 Å². The zero-order chi connectivity index (χ0) is 21.0. The maximum atomic E-state index is 12.4. The Morgan fingerprint density at radius 3 is 2.76 bits per heavy atom. The molecule has 0 aliphatic carbocycles. The van der Waals surface area contributed by atoms with Gasteiger partial charge in [-0.3, -0.25) is 14.5 Å². The van der Waals surface area contributed by atoms with Crippen molar-refractivity contribution in [1.29, 1.82) is 5.26 Å². The summed E-state index contributed by atoms with van der Waals surface area (Å²) in [5.74, 6) is 0.151. The van der Waals surface area contributed by atoms with Gasteiger partial charge < -0.3 is 4.74 Å². The van der Waals surface area contributed by atoms with Gasteiger partial charge in [0.1, 0.15) is 6.61 Å². The lowest BCUT2D eigenvalue weighted by atomic mass is 10.1. The second-order valence-electron chi connectivity index (χ2n) is 6.20. The highest BCUT2D eigenvalue weighted by Gasteiger charge is 2.34. The molecule has 0 bridgehead atoms. The second-order valence-corrected chi connectivity index (χ2v) is 8.46. The first kappa shape index (κ1) is 21.4. The zero-order valence-electron chi connectivity index (χ0n) is 15.4. The number of hydrogen-bond acceptors (Lipinski definition) is 5. The molecule has 0 N–H and O–H groups in total. The lowest BCUT2D eigenvalue weighted by Gasteiger charge is -2.12. The van der Waals surface area contributed by atoms with Crippen LogP contribution in [-0.4, -0.2) is 22.6 Å². The Balaban J connectivity index is 1.80. The normalized spacial score (nSPS) is 15.1. The van der Waals surface area contributed by atoms with E-state index in [1.807, 2.05) is 19.1 Å². The van der Waals surface area contributed by atoms with Crippen molar-refractivity contribution in [2.45, 2.75) is 20.0 Å². The molecule has 29 heavy (non-hydrogen) atoms. The van der Waals surface area contributed by atoms with Gasteiger partial charge in [-0.15, -0.1) is 0 Å². The molecule has 2 aromatic rings. The van der Waals surface area contributed by atoms with Gasteiger partial charge >= 0.3 is 0 Å². The van der Waals surface area contributed by atoms with Crippen LogP contribution in [0.2, 0.25) is 5.02 Å². The lowest BCUT2D eigenvalue weighted by Crippen LogP contribution is -2.28. The van der Waals surface area contributed by atoms with Gasteiger partial charge in [0.2, 0.25) is 0 Å². The second kappa shape index (κ2) is 9.49. The van der Waals surface area contributed by atoms with Crippen LogP contribution in [0.3, 0.4) is 0 Å². The monoisotopic (exact) mass is 490 g/mol. The van der Waals surface area contributed by atoms with Gasteiger partial charge in [-0.1, -0.05) is 36.7 Å². The first-order valence-corrected chi connectivity index (χ1v) is 10.8. The van der Waals surface area contributed by atoms with Gasteiger partial charge in [-0.05, 0) is 64.0 Å². The number of carbonyl (C=O) groups is 2. The molecule has 0 spiro atoms. The summed E-state index contributed by atoms with van der Waals surface area (Å²) in [4.78, 5) is 26.0. The Hall–Kier alpha value is -2.27. The van der Waals surface area contributed by atoms with Gasteiger partial charge in [-0.2, -0.15) is 5.26 Å². The molecular weight excluding hydrogens is 476 g/mol. The molecule has 1 aliphatic rings. The number of amides is 2. The van der Waals surface area contributed by atoms with Crippen molar-refractivity contribution in [3.05, 3.63) is 67.5 Å². The maximum Gasteiger partial charge on any atom is 0.293 e. The van der Waals surface area contributed by atoms with E-state index in [-0.39, 0.29) is 17.8 Å². The zero-order valence-corrected chi connectivity index (χ0v) is 18.6. The van der Waals surface area contributed by atoms with Crippen LogP contribution < -0.4 is 4.74 Å². The van der Waals surface area contributed by atoms with Gasteiger partial charge in [0, 0.05) is 12.1 Å². The van der Waals surface area contributed by atoms with E-state index in [1.165, 1.54) is 4.90 Å². The van der Waals surface area contributed by atoms with Crippen LogP contribution >= 0.6 is 39.3 Å². The van der Waals surface area contributed by atoms with Crippen LogP contribution in [0.5, 0.6) is 5.75 Å². The van der Waals surface area contributed by atoms with Crippen molar-refractivity contribution in [1.82, 2.24) is 4.90 Å². The molecule has 2 aromatic carbocycles. The maximum absolute atomic E-state index is 12.4. The summed E-state index contributed by atoms with van der Waals surface area (Å²) in [5.41, 5.74) is 1.97. The highest BCUT2D eigenvalue weighted by molar-refractivity contribution is 9.10. The third-order valence-electron chi connectivity index (χ3n) is 4.15. The Morgan fingerprint density at radius 2 is 2.07 bits per heavy atom. The van der Waals surface area contributed by atoms with Crippen LogP contribution in [-0.2, 0) is 11.4 Å². The molecule has 1 aliphatic heterocycles. The highest BCUT2D eigenvalue weighted by Crippen LogP contribution is 2.38. The predicted octanol–water partition coefficient (Wildman–Crippen LogP) is 6.00. The van der Waals surface area contributed by atoms with Crippen molar-refractivity contribution in [3.63, 3.8) is 0 Å². The summed E-state index contributed by atoms with van der Waals surface area (Å²) in [5, 5.41) is 9.28. The minimum Gasteiger partial charge on any atom is -0.486 e. The largest absolute Gasteiger partial charge is 0.486 e. The molecule has 2 amide bonds. The van der Waals surface area contributed by atoms with E-state index in [1.54, 1.807) is 30.3 Å². The van der Waals surface area contributed by atoms with Crippen molar-refractivity contribution in [2.24, 2.45) is 0 Å². The number of nitriles is 1. The molecular formula is C21H16BrClN2O3S. The molecule has 8 heteroatoms. The van der Waals surface area contributed by atoms with Crippen LogP contribution in [0.1, 0.15) is 30.0 Å². The smallest absolute Gasteiger partial charge is 0.293 e. The van der Waals surface area contributed by atoms with Crippen molar-refractivity contribution >= 4 is 56.5 Å². The van der Waals surface area contributed by atoms with E-state index in [9.17, 15) is 14.9 Å². The Bertz CT molecular complexity index is 1030. The van der Waals surface area contributed by atoms with Gasteiger partial charge in [0.15, 0.2) is 5.75 Å². The summed E-state index contributed by atoms with van der Waals surface area (Å²) in [7, 11) is 0. The van der Waals surface area contributed by atoms with Crippen molar-refractivity contribution in [3.8, 4) is 11.8 Å². The summed E-state index contributed by atoms with van der Waals surface area (Å²) in [6.45, 7) is 2.51. The van der Waals surface area contributed by atoms with Crippen LogP contribution in [0.4, 0.5) is 4.79 Å². The SMILES string of the molecule is CCCN1C(=O)S/C(=C/c2cc(Cl)c(OCc3ccccc3C#N)c(Br)c2)C1=O. The number of imide groups is 1. The third-order valence-corrected chi connectivity index (χ3v) is 5.93. The highest BCUT2D eigenvalue weighted by atomic mass is 79.9. The Kier molecular flexibility index (Phi) is 7.01. The Labute approximate surface area is 186 Å². The van der Waals surface area contributed by atoms with Crippen molar-refractivity contribution < 1.29 is 14.3 Å². The molecule has 0 atom stereocenters. The molecule has 1 heterocycles. The molecule has 0 unspecified atom stereocenters. The van der Waals surface area contributed by atoms with Gasteiger partial charge in [-0.25, -0.2) is 0 Å². The van der Waals surface area contributed by atoms with E-state index in [0.717, 1.165) is 17.3 Å². The van der Waals surface area contributed by atoms with Crippen LogP contribution in [0.25, 0.3) is 6.08 Å². The standard InChI is InChI=1S/C21H16BrClN2O3S/c1-2-7-25-20(26)18(29-21(25)27)10-13-8-16(22)19(17(23)9-13)28-12-15-6-4-3-5-14(15)11-24/h3-6,8-10H,2,7,12H2,1H3/b18-10+. The number of rotatable bonds is 6. The molecule has 1 saturated heterocycles. The van der Waals surface area contributed by atoms with Crippen LogP contribution in [0.15, 0.2) is 45.8 Å². The van der Waals surface area contributed by atoms with Crippen molar-refractivity contribution in [2.75, 3.05) is 6.54 Å². The fourth-order valence-electron chi connectivity index (χ4n) is 2.77. The number of thioether (sulfide) groups is 1. The third kappa shape index (κ3) is 4.84. The summed E-state index contributed by atoms with van der Waals surface area (Å²) in [6.07, 6.45) is 2.36. The molecule has 0 saturated carbocycles. The number of ether oxygens (including phenoxy) is 1. The van der Waals surface area contributed by atoms with E-state index >= 15 is 0 Å². The average molecular weight is 492 g/mol. The van der Waals surface area contributed by atoms with Crippen LogP contribution in [0, 0.1) is 11.3 Å². The summed E-state index contributed by atoms with van der Waals surface area (Å²) in [6, 6.07) is 12.8. The van der Waals surface area contributed by atoms with Gasteiger partial charge in [0.25, 0.3) is 11.1 Å². The predicted molar refractivity (Wildman–Crippen MR) is 118 cm³/mol. The minimum atomic E-state index is -0.289. The topological polar surface area (TPSA) is 70.4 Å². The van der Waals surface area contributed by atoms with E-state index in [4.69, 9.17) is 16.3 Å². The number of halogens is 2.